The summed E-state index contributed by atoms with van der Waals surface area (Å²) in [5.41, 5.74) is 1.66. The van der Waals surface area contributed by atoms with Gasteiger partial charge in [0.1, 0.15) is 10.1 Å². The van der Waals surface area contributed by atoms with Crippen molar-refractivity contribution in [3.05, 3.63) is 75.7 Å². The third-order valence-electron chi connectivity index (χ3n) is 4.28. The first kappa shape index (κ1) is 23.2. The first-order chi connectivity index (χ1) is 15.0. The predicted octanol–water partition coefficient (Wildman–Crippen LogP) is 5.20. The van der Waals surface area contributed by atoms with E-state index in [2.05, 4.69) is 0 Å². The van der Waals surface area contributed by atoms with Crippen LogP contribution in [0.15, 0.2) is 59.5 Å². The number of ether oxygens (including phenoxy) is 2. The normalized spacial score (nSPS) is 15.3. The Kier molecular flexibility index (Phi) is 8.43. The van der Waals surface area contributed by atoms with Crippen LogP contribution < -0.4 is 4.74 Å². The molecule has 0 spiro atoms. The van der Waals surface area contributed by atoms with Crippen LogP contribution in [0.1, 0.15) is 17.5 Å². The van der Waals surface area contributed by atoms with Gasteiger partial charge in [0.15, 0.2) is 0 Å². The minimum Gasteiger partial charge on any atom is -0.423 e. The molecule has 1 aliphatic rings. The molecule has 1 saturated heterocycles. The van der Waals surface area contributed by atoms with Crippen molar-refractivity contribution in [3.8, 4) is 5.75 Å². The van der Waals surface area contributed by atoms with E-state index in [-0.39, 0.29) is 5.91 Å². The number of hydrogen-bond donors (Lipinski definition) is 0. The zero-order valence-corrected chi connectivity index (χ0v) is 19.1. The second-order valence-corrected chi connectivity index (χ2v) is 8.67. The van der Waals surface area contributed by atoms with E-state index >= 15 is 0 Å². The Morgan fingerprint density at radius 2 is 1.81 bits per heavy atom. The number of thioether (sulfide) groups is 1. The van der Waals surface area contributed by atoms with Gasteiger partial charge in [0.05, 0.1) is 4.91 Å². The third-order valence-corrected chi connectivity index (χ3v) is 5.91. The molecule has 160 valence electrons. The van der Waals surface area contributed by atoms with Crippen molar-refractivity contribution in [2.24, 2.45) is 0 Å². The van der Waals surface area contributed by atoms with Gasteiger partial charge in [-0.3, -0.25) is 9.69 Å². The van der Waals surface area contributed by atoms with E-state index in [9.17, 15) is 9.59 Å². The number of rotatable bonds is 8. The number of esters is 1. The molecule has 8 heteroatoms. The molecule has 5 nitrogen and oxygen atoms in total. The van der Waals surface area contributed by atoms with Gasteiger partial charge >= 0.3 is 5.97 Å². The van der Waals surface area contributed by atoms with Gasteiger partial charge in [-0.25, -0.2) is 4.79 Å². The third kappa shape index (κ3) is 6.77. The molecule has 0 saturated carbocycles. The number of nitrogens with zero attached hydrogens (tertiary/aromatic N) is 1. The molecular formula is C23H20ClNO4S2. The Labute approximate surface area is 195 Å². The topological polar surface area (TPSA) is 55.8 Å². The molecule has 2 aromatic rings. The molecule has 0 atom stereocenters. The molecule has 3 rings (SSSR count). The standard InChI is InChI=1S/C23H20ClNO4S2/c1-28-14-2-13-25-22(27)20(31-23(25)30)15-17-5-10-19(11-6-17)29-21(26)12-7-16-3-8-18(24)9-4-16/h3-12,15H,2,13-14H2,1H3. The minimum atomic E-state index is -0.486. The summed E-state index contributed by atoms with van der Waals surface area (Å²) in [4.78, 5) is 26.7. The van der Waals surface area contributed by atoms with Crippen LogP contribution in [-0.4, -0.2) is 41.4 Å². The first-order valence-corrected chi connectivity index (χ1v) is 11.1. The van der Waals surface area contributed by atoms with Crippen LogP contribution in [0, 0.1) is 0 Å². The van der Waals surface area contributed by atoms with E-state index in [1.54, 1.807) is 72.7 Å². The highest BCUT2D eigenvalue weighted by Gasteiger charge is 2.31. The van der Waals surface area contributed by atoms with Gasteiger partial charge in [-0.15, -0.1) is 0 Å². The van der Waals surface area contributed by atoms with Crippen molar-refractivity contribution in [3.63, 3.8) is 0 Å². The van der Waals surface area contributed by atoms with Crippen LogP contribution in [0.25, 0.3) is 12.2 Å². The van der Waals surface area contributed by atoms with Gasteiger partial charge in [-0.05, 0) is 54.0 Å². The van der Waals surface area contributed by atoms with Crippen molar-refractivity contribution in [1.29, 1.82) is 0 Å². The molecule has 2 aromatic carbocycles. The summed E-state index contributed by atoms with van der Waals surface area (Å²) in [7, 11) is 1.63. The Morgan fingerprint density at radius 1 is 1.13 bits per heavy atom. The largest absolute Gasteiger partial charge is 0.423 e. The fourth-order valence-corrected chi connectivity index (χ4v) is 4.17. The van der Waals surface area contributed by atoms with Crippen molar-refractivity contribution in [2.75, 3.05) is 20.3 Å². The van der Waals surface area contributed by atoms with Gasteiger partial charge in [-0.1, -0.05) is 59.8 Å². The number of benzene rings is 2. The number of methoxy groups -OCH3 is 1. The summed E-state index contributed by atoms with van der Waals surface area (Å²) >= 11 is 12.4. The van der Waals surface area contributed by atoms with Crippen LogP contribution in [0.2, 0.25) is 5.02 Å². The number of hydrogen-bond acceptors (Lipinski definition) is 6. The Morgan fingerprint density at radius 3 is 2.48 bits per heavy atom. The van der Waals surface area contributed by atoms with Crippen molar-refractivity contribution >= 4 is 63.9 Å². The van der Waals surface area contributed by atoms with Crippen LogP contribution in [-0.2, 0) is 14.3 Å². The maximum absolute atomic E-state index is 12.6. The van der Waals surface area contributed by atoms with Crippen molar-refractivity contribution < 1.29 is 19.1 Å². The second-order valence-electron chi connectivity index (χ2n) is 6.55. The maximum atomic E-state index is 12.6. The molecule has 0 N–H and O–H groups in total. The Bertz CT molecular complexity index is 1020. The first-order valence-electron chi connectivity index (χ1n) is 9.46. The zero-order valence-electron chi connectivity index (χ0n) is 16.7. The summed E-state index contributed by atoms with van der Waals surface area (Å²) in [5.74, 6) is -0.177. The SMILES string of the molecule is COCCCN1C(=O)C(=Cc2ccc(OC(=O)C=Cc3ccc(Cl)cc3)cc2)SC1=S. The lowest BCUT2D eigenvalue weighted by molar-refractivity contribution is -0.129. The summed E-state index contributed by atoms with van der Waals surface area (Å²) < 4.78 is 10.9. The van der Waals surface area contributed by atoms with Gasteiger partial charge in [0, 0.05) is 31.4 Å². The maximum Gasteiger partial charge on any atom is 0.336 e. The van der Waals surface area contributed by atoms with E-state index in [0.29, 0.717) is 33.1 Å². The average molecular weight is 474 g/mol. The Balaban J connectivity index is 1.58. The molecule has 1 amide bonds. The van der Waals surface area contributed by atoms with E-state index in [4.69, 9.17) is 33.3 Å². The quantitative estimate of drug-likeness (QED) is 0.173. The Hall–Kier alpha value is -2.45. The van der Waals surface area contributed by atoms with Gasteiger partial charge < -0.3 is 9.47 Å². The highest BCUT2D eigenvalue weighted by atomic mass is 35.5. The molecular weight excluding hydrogens is 454 g/mol. The molecule has 0 aliphatic carbocycles. The van der Waals surface area contributed by atoms with Gasteiger partial charge in [0.25, 0.3) is 5.91 Å². The lowest BCUT2D eigenvalue weighted by Crippen LogP contribution is -2.29. The number of carbonyl (C=O) groups is 2. The van der Waals surface area contributed by atoms with Crippen LogP contribution in [0.3, 0.4) is 0 Å². The van der Waals surface area contributed by atoms with E-state index < -0.39 is 5.97 Å². The van der Waals surface area contributed by atoms with E-state index in [1.165, 1.54) is 17.8 Å². The molecule has 0 bridgehead atoms. The molecule has 1 heterocycles. The smallest absolute Gasteiger partial charge is 0.336 e. The van der Waals surface area contributed by atoms with Crippen LogP contribution >= 0.6 is 35.6 Å². The number of thiocarbonyl (C=S) groups is 1. The van der Waals surface area contributed by atoms with Crippen molar-refractivity contribution in [1.82, 2.24) is 4.90 Å². The van der Waals surface area contributed by atoms with E-state index in [0.717, 1.165) is 17.5 Å². The minimum absolute atomic E-state index is 0.103. The molecule has 31 heavy (non-hydrogen) atoms. The van der Waals surface area contributed by atoms with Crippen molar-refractivity contribution in [2.45, 2.75) is 6.42 Å². The van der Waals surface area contributed by atoms with Crippen LogP contribution in [0.4, 0.5) is 0 Å². The highest BCUT2D eigenvalue weighted by Crippen LogP contribution is 2.32. The zero-order chi connectivity index (χ0) is 22.2. The average Bonchev–Trinajstić information content (AvgIpc) is 3.02. The monoisotopic (exact) mass is 473 g/mol. The molecule has 0 radical (unpaired) electrons. The number of carbonyl (C=O) groups excluding carboxylic acids is 2. The molecule has 0 unspecified atom stereocenters. The fourth-order valence-electron chi connectivity index (χ4n) is 2.73. The predicted molar refractivity (Wildman–Crippen MR) is 129 cm³/mol. The summed E-state index contributed by atoms with van der Waals surface area (Å²) in [6.45, 7) is 1.11. The van der Waals surface area contributed by atoms with Gasteiger partial charge in [0.2, 0.25) is 0 Å². The molecule has 1 fully saturated rings. The van der Waals surface area contributed by atoms with Gasteiger partial charge in [-0.2, -0.15) is 0 Å². The van der Waals surface area contributed by atoms with E-state index in [1.807, 2.05) is 0 Å². The fraction of sp³-hybridized carbons (Fsp3) is 0.174. The lowest BCUT2D eigenvalue weighted by Gasteiger charge is -2.13. The molecule has 0 aromatic heterocycles. The summed E-state index contributed by atoms with van der Waals surface area (Å²) in [6, 6.07) is 14.0. The lowest BCUT2D eigenvalue weighted by atomic mass is 10.2. The number of halogens is 1. The second kappa shape index (κ2) is 11.2. The highest BCUT2D eigenvalue weighted by molar-refractivity contribution is 8.26. The molecule has 1 aliphatic heterocycles. The van der Waals surface area contributed by atoms with Crippen LogP contribution in [0.5, 0.6) is 5.75 Å². The number of amides is 1. The summed E-state index contributed by atoms with van der Waals surface area (Å²) in [5, 5.41) is 0.633. The summed E-state index contributed by atoms with van der Waals surface area (Å²) in [6.07, 6.45) is 5.51.